The monoisotopic (exact) mass is 258 g/mol. The molecule has 0 saturated heterocycles. The Morgan fingerprint density at radius 1 is 0.833 bits per heavy atom. The fraction of sp³-hybridized carbons (Fsp3) is 0.933. The molecule has 0 atom stereocenters. The largest absolute Gasteiger partial charge is 0.480 e. The molecular formula is C15H30O3. The minimum Gasteiger partial charge on any atom is -0.480 e. The third-order valence-corrected chi connectivity index (χ3v) is 3.12. The van der Waals surface area contributed by atoms with E-state index in [4.69, 9.17) is 9.84 Å². The fourth-order valence-corrected chi connectivity index (χ4v) is 2.03. The van der Waals surface area contributed by atoms with Gasteiger partial charge in [0.1, 0.15) is 6.61 Å². The van der Waals surface area contributed by atoms with Crippen LogP contribution in [0.3, 0.4) is 0 Å². The van der Waals surface area contributed by atoms with Crippen LogP contribution in [0.25, 0.3) is 0 Å². The average molecular weight is 258 g/mol. The number of ether oxygens (including phenoxy) is 1. The molecule has 0 heterocycles. The van der Waals surface area contributed by atoms with E-state index < -0.39 is 5.97 Å². The average Bonchev–Trinajstić information content (AvgIpc) is 2.34. The summed E-state index contributed by atoms with van der Waals surface area (Å²) in [6, 6.07) is 0. The van der Waals surface area contributed by atoms with Crippen LogP contribution in [0.15, 0.2) is 0 Å². The highest BCUT2D eigenvalue weighted by atomic mass is 16.5. The standard InChI is InChI=1S/C15H30O3/c1-2-3-4-5-6-7-8-9-10-11-12-13-18-14-15(16)17/h2-14H2,1H3,(H,16,17). The number of unbranched alkanes of at least 4 members (excludes halogenated alkanes) is 10. The molecule has 0 fully saturated rings. The van der Waals surface area contributed by atoms with Crippen molar-refractivity contribution in [1.29, 1.82) is 0 Å². The maximum atomic E-state index is 10.2. The van der Waals surface area contributed by atoms with E-state index in [-0.39, 0.29) is 6.61 Å². The van der Waals surface area contributed by atoms with Gasteiger partial charge < -0.3 is 9.84 Å². The predicted molar refractivity (Wildman–Crippen MR) is 74.9 cm³/mol. The zero-order chi connectivity index (χ0) is 13.5. The van der Waals surface area contributed by atoms with E-state index in [1.54, 1.807) is 0 Å². The Labute approximate surface area is 112 Å². The number of carboxylic acids is 1. The summed E-state index contributed by atoms with van der Waals surface area (Å²) in [7, 11) is 0. The first-order chi connectivity index (χ1) is 8.77. The van der Waals surface area contributed by atoms with Gasteiger partial charge in [0.2, 0.25) is 0 Å². The Morgan fingerprint density at radius 2 is 1.28 bits per heavy atom. The van der Waals surface area contributed by atoms with Gasteiger partial charge in [0, 0.05) is 6.61 Å². The summed E-state index contributed by atoms with van der Waals surface area (Å²) in [6.07, 6.45) is 14.3. The minimum atomic E-state index is -0.877. The molecule has 0 bridgehead atoms. The maximum absolute atomic E-state index is 10.2. The van der Waals surface area contributed by atoms with Gasteiger partial charge in [-0.2, -0.15) is 0 Å². The Morgan fingerprint density at radius 3 is 1.72 bits per heavy atom. The Hall–Kier alpha value is -0.570. The van der Waals surface area contributed by atoms with Crippen molar-refractivity contribution in [2.24, 2.45) is 0 Å². The van der Waals surface area contributed by atoms with Crippen molar-refractivity contribution in [2.75, 3.05) is 13.2 Å². The lowest BCUT2D eigenvalue weighted by atomic mass is 10.1. The molecule has 0 saturated carbocycles. The number of hydrogen-bond donors (Lipinski definition) is 1. The third-order valence-electron chi connectivity index (χ3n) is 3.12. The van der Waals surface area contributed by atoms with E-state index in [2.05, 4.69) is 6.92 Å². The van der Waals surface area contributed by atoms with Crippen molar-refractivity contribution in [3.8, 4) is 0 Å². The molecule has 0 aliphatic heterocycles. The molecule has 3 heteroatoms. The Bertz CT molecular complexity index is 181. The summed E-state index contributed by atoms with van der Waals surface area (Å²) in [4.78, 5) is 10.2. The molecular weight excluding hydrogens is 228 g/mol. The second-order valence-electron chi connectivity index (χ2n) is 4.98. The highest BCUT2D eigenvalue weighted by Gasteiger charge is 1.96. The summed E-state index contributed by atoms with van der Waals surface area (Å²) >= 11 is 0. The number of carbonyl (C=O) groups is 1. The fourth-order valence-electron chi connectivity index (χ4n) is 2.03. The van der Waals surface area contributed by atoms with E-state index in [1.165, 1.54) is 57.8 Å². The molecule has 0 aromatic rings. The van der Waals surface area contributed by atoms with Crippen LogP contribution in [0, 0.1) is 0 Å². The lowest BCUT2D eigenvalue weighted by molar-refractivity contribution is -0.142. The van der Waals surface area contributed by atoms with Gasteiger partial charge in [-0.15, -0.1) is 0 Å². The molecule has 0 aliphatic rings. The second kappa shape index (κ2) is 14.5. The van der Waals surface area contributed by atoms with Crippen molar-refractivity contribution >= 4 is 5.97 Å². The van der Waals surface area contributed by atoms with Crippen LogP contribution in [-0.2, 0) is 9.53 Å². The van der Waals surface area contributed by atoms with Crippen LogP contribution >= 0.6 is 0 Å². The van der Waals surface area contributed by atoms with Gasteiger partial charge in [-0.05, 0) is 6.42 Å². The van der Waals surface area contributed by atoms with E-state index in [0.717, 1.165) is 12.8 Å². The summed E-state index contributed by atoms with van der Waals surface area (Å²) < 4.78 is 4.98. The topological polar surface area (TPSA) is 46.5 Å². The smallest absolute Gasteiger partial charge is 0.329 e. The molecule has 108 valence electrons. The Balaban J connectivity index is 2.92. The first-order valence-electron chi connectivity index (χ1n) is 7.57. The molecule has 0 aromatic heterocycles. The number of hydrogen-bond acceptors (Lipinski definition) is 2. The van der Waals surface area contributed by atoms with Gasteiger partial charge in [0.25, 0.3) is 0 Å². The minimum absolute atomic E-state index is 0.155. The summed E-state index contributed by atoms with van der Waals surface area (Å²) in [5.41, 5.74) is 0. The van der Waals surface area contributed by atoms with Crippen LogP contribution in [0.5, 0.6) is 0 Å². The van der Waals surface area contributed by atoms with Crippen LogP contribution in [0.1, 0.15) is 77.6 Å². The predicted octanol–water partition coefficient (Wildman–Crippen LogP) is 4.40. The maximum Gasteiger partial charge on any atom is 0.329 e. The first-order valence-corrected chi connectivity index (χ1v) is 7.57. The van der Waals surface area contributed by atoms with E-state index >= 15 is 0 Å². The normalized spacial score (nSPS) is 10.7. The molecule has 0 unspecified atom stereocenters. The Kier molecular flexibility index (Phi) is 14.0. The molecule has 1 N–H and O–H groups in total. The molecule has 0 rings (SSSR count). The quantitative estimate of drug-likeness (QED) is 0.470. The van der Waals surface area contributed by atoms with Crippen molar-refractivity contribution in [2.45, 2.75) is 77.6 Å². The molecule has 0 aliphatic carbocycles. The second-order valence-corrected chi connectivity index (χ2v) is 4.98. The van der Waals surface area contributed by atoms with Gasteiger partial charge in [0.05, 0.1) is 0 Å². The van der Waals surface area contributed by atoms with Crippen LogP contribution in [0.2, 0.25) is 0 Å². The summed E-state index contributed by atoms with van der Waals surface area (Å²) in [5.74, 6) is -0.877. The van der Waals surface area contributed by atoms with E-state index in [9.17, 15) is 4.79 Å². The van der Waals surface area contributed by atoms with E-state index in [0.29, 0.717) is 6.61 Å². The molecule has 0 aromatic carbocycles. The highest BCUT2D eigenvalue weighted by molar-refractivity contribution is 5.67. The van der Waals surface area contributed by atoms with Gasteiger partial charge in [-0.1, -0.05) is 71.1 Å². The van der Waals surface area contributed by atoms with Crippen LogP contribution in [0.4, 0.5) is 0 Å². The number of carboxylic acid groups (broad SMARTS) is 1. The number of rotatable bonds is 14. The van der Waals surface area contributed by atoms with Crippen LogP contribution in [-0.4, -0.2) is 24.3 Å². The van der Waals surface area contributed by atoms with Crippen molar-refractivity contribution in [3.63, 3.8) is 0 Å². The van der Waals surface area contributed by atoms with Crippen molar-refractivity contribution in [3.05, 3.63) is 0 Å². The first kappa shape index (κ1) is 17.4. The van der Waals surface area contributed by atoms with Crippen molar-refractivity contribution < 1.29 is 14.6 Å². The molecule has 0 amide bonds. The molecule has 3 nitrogen and oxygen atoms in total. The van der Waals surface area contributed by atoms with Gasteiger partial charge in [0.15, 0.2) is 0 Å². The summed E-state index contributed by atoms with van der Waals surface area (Å²) in [6.45, 7) is 2.68. The zero-order valence-corrected chi connectivity index (χ0v) is 12.0. The lowest BCUT2D eigenvalue weighted by Gasteiger charge is -2.03. The molecule has 0 radical (unpaired) electrons. The molecule has 18 heavy (non-hydrogen) atoms. The van der Waals surface area contributed by atoms with Gasteiger partial charge in [-0.3, -0.25) is 0 Å². The summed E-state index contributed by atoms with van der Waals surface area (Å²) in [5, 5.41) is 8.37. The van der Waals surface area contributed by atoms with Gasteiger partial charge in [-0.25, -0.2) is 4.79 Å². The highest BCUT2D eigenvalue weighted by Crippen LogP contribution is 2.11. The zero-order valence-electron chi connectivity index (χ0n) is 12.0. The third kappa shape index (κ3) is 15.4. The number of aliphatic carboxylic acids is 1. The lowest BCUT2D eigenvalue weighted by Crippen LogP contribution is -2.07. The van der Waals surface area contributed by atoms with Gasteiger partial charge >= 0.3 is 5.97 Å². The van der Waals surface area contributed by atoms with E-state index in [1.807, 2.05) is 0 Å². The van der Waals surface area contributed by atoms with Crippen molar-refractivity contribution in [1.82, 2.24) is 0 Å². The SMILES string of the molecule is CCCCCCCCCCCCCOCC(=O)O. The molecule has 0 spiro atoms. The van der Waals surface area contributed by atoms with Crippen LogP contribution < -0.4 is 0 Å².